The summed E-state index contributed by atoms with van der Waals surface area (Å²) in [5.74, 6) is 0.679. The Labute approximate surface area is 150 Å². The molecule has 6 nitrogen and oxygen atoms in total. The molecule has 1 aliphatic carbocycles. The maximum absolute atomic E-state index is 12.7. The van der Waals surface area contributed by atoms with Crippen molar-refractivity contribution in [3.63, 3.8) is 0 Å². The molecule has 3 fully saturated rings. The molecule has 2 saturated heterocycles. The third kappa shape index (κ3) is 3.10. The van der Waals surface area contributed by atoms with Crippen LogP contribution in [0.2, 0.25) is 0 Å². The second-order valence-corrected chi connectivity index (χ2v) is 8.25. The minimum absolute atomic E-state index is 0.0765. The molecule has 6 heteroatoms. The first-order valence-electron chi connectivity index (χ1n) is 9.61. The van der Waals surface area contributed by atoms with E-state index in [0.717, 1.165) is 38.6 Å². The van der Waals surface area contributed by atoms with Crippen molar-refractivity contribution < 1.29 is 9.53 Å². The van der Waals surface area contributed by atoms with Gasteiger partial charge in [-0.3, -0.25) is 9.69 Å². The molecular weight excluding hydrogens is 316 g/mol. The summed E-state index contributed by atoms with van der Waals surface area (Å²) in [6.07, 6.45) is 9.79. The Kier molecular flexibility index (Phi) is 4.58. The molecule has 0 radical (unpaired) electrons. The molecule has 1 aromatic rings. The lowest BCUT2D eigenvalue weighted by Gasteiger charge is -2.43. The topological polar surface area (TPSA) is 50.6 Å². The average Bonchev–Trinajstić information content (AvgIpc) is 3.12. The summed E-state index contributed by atoms with van der Waals surface area (Å²) in [6.45, 7) is 4.89. The van der Waals surface area contributed by atoms with Crippen LogP contribution in [0.5, 0.6) is 0 Å². The van der Waals surface area contributed by atoms with Gasteiger partial charge in [-0.15, -0.1) is 0 Å². The highest BCUT2D eigenvalue weighted by molar-refractivity contribution is 5.92. The molecule has 3 heterocycles. The van der Waals surface area contributed by atoms with Crippen LogP contribution in [0.1, 0.15) is 42.6 Å². The highest BCUT2D eigenvalue weighted by Gasteiger charge is 2.50. The van der Waals surface area contributed by atoms with Crippen molar-refractivity contribution in [1.82, 2.24) is 19.4 Å². The summed E-state index contributed by atoms with van der Waals surface area (Å²) in [6, 6.07) is 0.798. The van der Waals surface area contributed by atoms with Crippen LogP contribution in [-0.2, 0) is 11.8 Å². The molecule has 0 aromatic carbocycles. The Bertz CT molecular complexity index is 617. The van der Waals surface area contributed by atoms with E-state index in [1.165, 1.54) is 32.4 Å². The fourth-order valence-electron chi connectivity index (χ4n) is 4.94. The Morgan fingerprint density at radius 2 is 2.12 bits per heavy atom. The first kappa shape index (κ1) is 17.0. The molecule has 25 heavy (non-hydrogen) atoms. The third-order valence-electron chi connectivity index (χ3n) is 6.77. The van der Waals surface area contributed by atoms with Gasteiger partial charge in [-0.05, 0) is 31.1 Å². The van der Waals surface area contributed by atoms with Gasteiger partial charge in [0, 0.05) is 58.5 Å². The lowest BCUT2D eigenvalue weighted by Crippen LogP contribution is -2.47. The molecule has 1 unspecified atom stereocenters. The largest absolute Gasteiger partial charge is 0.384 e. The first-order chi connectivity index (χ1) is 12.1. The minimum Gasteiger partial charge on any atom is -0.384 e. The fraction of sp³-hybridized carbons (Fsp3) is 0.789. The van der Waals surface area contributed by atoms with Gasteiger partial charge >= 0.3 is 0 Å². The van der Waals surface area contributed by atoms with Gasteiger partial charge in [-0.25, -0.2) is 4.98 Å². The molecule has 4 rings (SSSR count). The van der Waals surface area contributed by atoms with Gasteiger partial charge in [0.15, 0.2) is 0 Å². The van der Waals surface area contributed by atoms with Gasteiger partial charge < -0.3 is 14.2 Å². The highest BCUT2D eigenvalue weighted by atomic mass is 16.5. The number of amides is 1. The summed E-state index contributed by atoms with van der Waals surface area (Å²) in [5, 5.41) is 0. The second kappa shape index (κ2) is 6.72. The van der Waals surface area contributed by atoms with E-state index in [-0.39, 0.29) is 5.91 Å². The number of hydrogen-bond donors (Lipinski definition) is 0. The summed E-state index contributed by atoms with van der Waals surface area (Å²) >= 11 is 0. The SMILES string of the molecule is COCC1CN(C2CCC2)CC12CCN(C(=O)c1cn(C)cn1)CC2. The Balaban J connectivity index is 1.42. The molecule has 138 valence electrons. The van der Waals surface area contributed by atoms with Gasteiger partial charge in [0.1, 0.15) is 5.69 Å². The minimum atomic E-state index is 0.0765. The normalized spacial score (nSPS) is 27.0. The number of rotatable bonds is 4. The zero-order valence-electron chi connectivity index (χ0n) is 15.5. The van der Waals surface area contributed by atoms with E-state index in [1.54, 1.807) is 6.33 Å². The predicted octanol–water partition coefficient (Wildman–Crippen LogP) is 1.77. The zero-order valence-corrected chi connectivity index (χ0v) is 15.5. The lowest BCUT2D eigenvalue weighted by molar-refractivity contribution is 0.0309. The number of methoxy groups -OCH3 is 1. The van der Waals surface area contributed by atoms with Gasteiger partial charge in [-0.2, -0.15) is 0 Å². The fourth-order valence-corrected chi connectivity index (χ4v) is 4.94. The van der Waals surface area contributed by atoms with Gasteiger partial charge in [0.2, 0.25) is 0 Å². The Hall–Kier alpha value is -1.40. The number of imidazole rings is 1. The van der Waals surface area contributed by atoms with Crippen LogP contribution in [0.4, 0.5) is 0 Å². The number of carbonyl (C=O) groups is 1. The van der Waals surface area contributed by atoms with E-state index in [2.05, 4.69) is 9.88 Å². The van der Waals surface area contributed by atoms with Crippen LogP contribution >= 0.6 is 0 Å². The standard InChI is InChI=1S/C19H30N4O2/c1-21-11-17(20-14-21)18(24)22-8-6-19(7-9-22)13-23(16-4-3-5-16)10-15(19)12-25-2/h11,14-16H,3-10,12-13H2,1-2H3. The monoisotopic (exact) mass is 346 g/mol. The van der Waals surface area contributed by atoms with Crippen LogP contribution < -0.4 is 0 Å². The molecule has 0 bridgehead atoms. The number of hydrogen-bond acceptors (Lipinski definition) is 4. The van der Waals surface area contributed by atoms with Crippen molar-refractivity contribution in [3.8, 4) is 0 Å². The molecule has 3 aliphatic rings. The highest BCUT2D eigenvalue weighted by Crippen LogP contribution is 2.47. The van der Waals surface area contributed by atoms with Crippen molar-refractivity contribution in [1.29, 1.82) is 0 Å². The smallest absolute Gasteiger partial charge is 0.274 e. The predicted molar refractivity (Wildman–Crippen MR) is 95.4 cm³/mol. The number of likely N-dealkylation sites (tertiary alicyclic amines) is 2. The molecule has 1 amide bonds. The van der Waals surface area contributed by atoms with E-state index in [1.807, 2.05) is 29.8 Å². The second-order valence-electron chi connectivity index (χ2n) is 8.25. The van der Waals surface area contributed by atoms with E-state index in [0.29, 0.717) is 17.0 Å². The van der Waals surface area contributed by atoms with Gasteiger partial charge in [-0.1, -0.05) is 6.42 Å². The summed E-state index contributed by atoms with van der Waals surface area (Å²) in [7, 11) is 3.72. The van der Waals surface area contributed by atoms with Crippen LogP contribution in [0, 0.1) is 11.3 Å². The number of piperidine rings is 1. The van der Waals surface area contributed by atoms with E-state index < -0.39 is 0 Å². The molecular formula is C19H30N4O2. The average molecular weight is 346 g/mol. The van der Waals surface area contributed by atoms with Crippen molar-refractivity contribution in [2.24, 2.45) is 18.4 Å². The van der Waals surface area contributed by atoms with Gasteiger partial charge in [0.25, 0.3) is 5.91 Å². The zero-order chi connectivity index (χ0) is 17.4. The van der Waals surface area contributed by atoms with Crippen LogP contribution in [-0.4, -0.2) is 71.2 Å². The molecule has 1 saturated carbocycles. The van der Waals surface area contributed by atoms with Crippen molar-refractivity contribution in [2.45, 2.75) is 38.1 Å². The maximum Gasteiger partial charge on any atom is 0.274 e. The molecule has 1 spiro atoms. The Morgan fingerprint density at radius 1 is 1.36 bits per heavy atom. The van der Waals surface area contributed by atoms with E-state index in [9.17, 15) is 4.79 Å². The van der Waals surface area contributed by atoms with Crippen LogP contribution in [0.25, 0.3) is 0 Å². The van der Waals surface area contributed by atoms with Crippen molar-refractivity contribution >= 4 is 5.91 Å². The van der Waals surface area contributed by atoms with Crippen molar-refractivity contribution in [2.75, 3.05) is 39.9 Å². The van der Waals surface area contributed by atoms with Crippen LogP contribution in [0.3, 0.4) is 0 Å². The molecule has 1 aromatic heterocycles. The first-order valence-corrected chi connectivity index (χ1v) is 9.61. The number of nitrogens with zero attached hydrogens (tertiary/aromatic N) is 4. The van der Waals surface area contributed by atoms with Crippen LogP contribution in [0.15, 0.2) is 12.5 Å². The lowest BCUT2D eigenvalue weighted by atomic mass is 9.71. The summed E-state index contributed by atoms with van der Waals surface area (Å²) in [4.78, 5) is 21.6. The van der Waals surface area contributed by atoms with E-state index >= 15 is 0 Å². The quantitative estimate of drug-likeness (QED) is 0.834. The third-order valence-corrected chi connectivity index (χ3v) is 6.77. The summed E-state index contributed by atoms with van der Waals surface area (Å²) in [5.41, 5.74) is 0.890. The molecule has 0 N–H and O–H groups in total. The Morgan fingerprint density at radius 3 is 2.68 bits per heavy atom. The number of carbonyl (C=O) groups excluding carboxylic acids is 1. The summed E-state index contributed by atoms with van der Waals surface area (Å²) < 4.78 is 7.39. The molecule has 1 atom stereocenters. The maximum atomic E-state index is 12.7. The van der Waals surface area contributed by atoms with Gasteiger partial charge in [0.05, 0.1) is 12.9 Å². The number of ether oxygens (including phenoxy) is 1. The number of aromatic nitrogens is 2. The number of aryl methyl sites for hydroxylation is 1. The molecule has 2 aliphatic heterocycles. The van der Waals surface area contributed by atoms with E-state index in [4.69, 9.17) is 4.74 Å². The van der Waals surface area contributed by atoms with Crippen molar-refractivity contribution in [3.05, 3.63) is 18.2 Å².